The smallest absolute Gasteiger partial charge is 0.254 e. The molecular weight excluding hydrogens is 346 g/mol. The average molecular weight is 367 g/mol. The number of carbonyl (C=O) groups is 1. The largest absolute Gasteiger partial charge is 0.340 e. The summed E-state index contributed by atoms with van der Waals surface area (Å²) in [6, 6.07) is 15.4. The van der Waals surface area contributed by atoms with Gasteiger partial charge in [-0.1, -0.05) is 24.3 Å². The molecular formula is C20H21N3O2S. The van der Waals surface area contributed by atoms with E-state index >= 15 is 0 Å². The fourth-order valence-electron chi connectivity index (χ4n) is 3.62. The second kappa shape index (κ2) is 7.03. The topological polar surface area (TPSA) is 66.1 Å². The van der Waals surface area contributed by atoms with Crippen LogP contribution >= 0.6 is 0 Å². The molecule has 1 saturated heterocycles. The zero-order valence-electron chi connectivity index (χ0n) is 14.6. The Balaban J connectivity index is 1.61. The van der Waals surface area contributed by atoms with E-state index in [9.17, 15) is 9.00 Å². The van der Waals surface area contributed by atoms with Crippen molar-refractivity contribution in [3.8, 4) is 0 Å². The van der Waals surface area contributed by atoms with Crippen molar-refractivity contribution in [2.75, 3.05) is 12.8 Å². The van der Waals surface area contributed by atoms with Crippen molar-refractivity contribution in [2.24, 2.45) is 0 Å². The molecule has 1 amide bonds. The Labute approximate surface area is 154 Å². The fraction of sp³-hybridized carbons (Fsp3) is 0.300. The van der Waals surface area contributed by atoms with E-state index in [4.69, 9.17) is 0 Å². The van der Waals surface area contributed by atoms with Crippen LogP contribution in [0.1, 0.15) is 40.6 Å². The van der Waals surface area contributed by atoms with Crippen molar-refractivity contribution in [3.63, 3.8) is 0 Å². The molecule has 2 atom stereocenters. The first-order chi connectivity index (χ1) is 12.6. The number of hydrogen-bond acceptors (Lipinski definition) is 3. The van der Waals surface area contributed by atoms with E-state index in [1.165, 1.54) is 0 Å². The van der Waals surface area contributed by atoms with Crippen LogP contribution in [0.25, 0.3) is 11.0 Å². The van der Waals surface area contributed by atoms with Gasteiger partial charge in [0, 0.05) is 34.9 Å². The number of likely N-dealkylation sites (tertiary alicyclic amines) is 1. The summed E-state index contributed by atoms with van der Waals surface area (Å²) >= 11 is 0. The quantitative estimate of drug-likeness (QED) is 0.768. The number of H-pyrrole nitrogens is 1. The van der Waals surface area contributed by atoms with Crippen molar-refractivity contribution in [1.29, 1.82) is 0 Å². The molecule has 0 radical (unpaired) electrons. The Bertz CT molecular complexity index is 949. The number of para-hydroxylation sites is 2. The highest BCUT2D eigenvalue weighted by Gasteiger charge is 2.32. The van der Waals surface area contributed by atoms with Crippen LogP contribution in [-0.2, 0) is 16.6 Å². The van der Waals surface area contributed by atoms with Crippen LogP contribution in [0.5, 0.6) is 0 Å². The van der Waals surface area contributed by atoms with Crippen LogP contribution in [0.4, 0.5) is 0 Å². The number of fused-ring (bicyclic) bond motifs is 1. The van der Waals surface area contributed by atoms with Gasteiger partial charge in [0.2, 0.25) is 0 Å². The summed E-state index contributed by atoms with van der Waals surface area (Å²) in [5.74, 6) is 1.33. The third-order valence-corrected chi connectivity index (χ3v) is 5.52. The summed E-state index contributed by atoms with van der Waals surface area (Å²) in [6.45, 7) is 0.727. The minimum atomic E-state index is -0.926. The predicted molar refractivity (Wildman–Crippen MR) is 103 cm³/mol. The van der Waals surface area contributed by atoms with Gasteiger partial charge >= 0.3 is 0 Å². The molecule has 0 bridgehead atoms. The molecule has 3 aromatic rings. The molecule has 1 N–H and O–H groups in total. The molecule has 1 aliphatic rings. The average Bonchev–Trinajstić information content (AvgIpc) is 3.27. The van der Waals surface area contributed by atoms with Crippen LogP contribution < -0.4 is 0 Å². The molecule has 134 valence electrons. The normalized spacial score (nSPS) is 18.3. The molecule has 5 nitrogen and oxygen atoms in total. The maximum atomic E-state index is 13.1. The number of imidazole rings is 1. The van der Waals surface area contributed by atoms with Gasteiger partial charge < -0.3 is 9.88 Å². The van der Waals surface area contributed by atoms with Crippen molar-refractivity contribution in [3.05, 3.63) is 65.5 Å². The summed E-state index contributed by atoms with van der Waals surface area (Å²) in [5.41, 5.74) is 3.50. The lowest BCUT2D eigenvalue weighted by Crippen LogP contribution is -2.31. The zero-order chi connectivity index (χ0) is 18.1. The van der Waals surface area contributed by atoms with E-state index in [2.05, 4.69) is 9.97 Å². The number of hydrogen-bond donors (Lipinski definition) is 1. The van der Waals surface area contributed by atoms with Crippen LogP contribution in [0.3, 0.4) is 0 Å². The number of aromatic amines is 1. The molecule has 1 aromatic heterocycles. The zero-order valence-corrected chi connectivity index (χ0v) is 15.5. The standard InChI is InChI=1S/C20H21N3O2S/c1-26(25)13-14-6-4-7-15(12-14)20(24)23-11-5-10-18(23)19-21-16-8-2-3-9-17(16)22-19/h2-4,6-9,12,18H,5,10-11,13H2,1H3,(H,21,22)/t18-,26+/m0/s1. The summed E-state index contributed by atoms with van der Waals surface area (Å²) in [6.07, 6.45) is 3.54. The number of nitrogens with one attached hydrogen (secondary N) is 1. The van der Waals surface area contributed by atoms with E-state index in [1.807, 2.05) is 53.4 Å². The van der Waals surface area contributed by atoms with E-state index in [0.717, 1.165) is 41.8 Å². The summed E-state index contributed by atoms with van der Waals surface area (Å²) in [4.78, 5) is 23.0. The van der Waals surface area contributed by atoms with Crippen molar-refractivity contribution in [1.82, 2.24) is 14.9 Å². The van der Waals surface area contributed by atoms with Crippen molar-refractivity contribution in [2.45, 2.75) is 24.6 Å². The van der Waals surface area contributed by atoms with Gasteiger partial charge in [0.15, 0.2) is 0 Å². The molecule has 4 rings (SSSR count). The number of benzene rings is 2. The number of aromatic nitrogens is 2. The molecule has 2 heterocycles. The van der Waals surface area contributed by atoms with Gasteiger partial charge in [0.05, 0.1) is 17.1 Å². The summed E-state index contributed by atoms with van der Waals surface area (Å²) in [5, 5.41) is 0. The van der Waals surface area contributed by atoms with Crippen molar-refractivity contribution >= 4 is 27.7 Å². The Hall–Kier alpha value is -2.47. The van der Waals surface area contributed by atoms with Crippen molar-refractivity contribution < 1.29 is 9.00 Å². The highest BCUT2D eigenvalue weighted by molar-refractivity contribution is 7.83. The lowest BCUT2D eigenvalue weighted by Gasteiger charge is -2.23. The van der Waals surface area contributed by atoms with E-state index < -0.39 is 10.8 Å². The Kier molecular flexibility index (Phi) is 4.59. The first kappa shape index (κ1) is 17.0. The highest BCUT2D eigenvalue weighted by Crippen LogP contribution is 2.32. The summed E-state index contributed by atoms with van der Waals surface area (Å²) in [7, 11) is -0.926. The van der Waals surface area contributed by atoms with E-state index in [1.54, 1.807) is 6.26 Å². The van der Waals surface area contributed by atoms with Crippen LogP contribution in [0, 0.1) is 0 Å². The van der Waals surface area contributed by atoms with Gasteiger partial charge in [-0.3, -0.25) is 9.00 Å². The number of amides is 1. The number of rotatable bonds is 4. The minimum absolute atomic E-state index is 0.0108. The Morgan fingerprint density at radius 1 is 1.27 bits per heavy atom. The molecule has 0 aliphatic carbocycles. The van der Waals surface area contributed by atoms with Gasteiger partial charge in [-0.2, -0.15) is 0 Å². The third kappa shape index (κ3) is 3.29. The van der Waals surface area contributed by atoms with E-state index in [0.29, 0.717) is 11.3 Å². The second-order valence-corrected chi connectivity index (χ2v) is 8.15. The van der Waals surface area contributed by atoms with Crippen LogP contribution in [0.2, 0.25) is 0 Å². The molecule has 0 unspecified atom stereocenters. The predicted octanol–water partition coefficient (Wildman–Crippen LogP) is 3.42. The Morgan fingerprint density at radius 2 is 2.12 bits per heavy atom. The lowest BCUT2D eigenvalue weighted by molar-refractivity contribution is 0.0730. The van der Waals surface area contributed by atoms with Gasteiger partial charge in [-0.05, 0) is 42.7 Å². The number of carbonyl (C=O) groups excluding carboxylic acids is 1. The first-order valence-electron chi connectivity index (χ1n) is 8.76. The molecule has 2 aromatic carbocycles. The second-order valence-electron chi connectivity index (χ2n) is 6.71. The molecule has 1 aliphatic heterocycles. The molecule has 0 spiro atoms. The maximum absolute atomic E-state index is 13.1. The fourth-order valence-corrected chi connectivity index (χ4v) is 4.27. The minimum Gasteiger partial charge on any atom is -0.340 e. The summed E-state index contributed by atoms with van der Waals surface area (Å²) < 4.78 is 11.5. The molecule has 0 saturated carbocycles. The molecule has 26 heavy (non-hydrogen) atoms. The molecule has 6 heteroatoms. The highest BCUT2D eigenvalue weighted by atomic mass is 32.2. The van der Waals surface area contributed by atoms with Crippen LogP contribution in [0.15, 0.2) is 48.5 Å². The van der Waals surface area contributed by atoms with E-state index in [-0.39, 0.29) is 11.9 Å². The first-order valence-corrected chi connectivity index (χ1v) is 10.5. The van der Waals surface area contributed by atoms with Crippen LogP contribution in [-0.4, -0.2) is 37.8 Å². The van der Waals surface area contributed by atoms with Gasteiger partial charge in [0.1, 0.15) is 5.82 Å². The monoisotopic (exact) mass is 367 g/mol. The van der Waals surface area contributed by atoms with Gasteiger partial charge in [0.25, 0.3) is 5.91 Å². The van der Waals surface area contributed by atoms with Gasteiger partial charge in [-0.15, -0.1) is 0 Å². The van der Waals surface area contributed by atoms with Gasteiger partial charge in [-0.25, -0.2) is 4.98 Å². The Morgan fingerprint density at radius 3 is 2.92 bits per heavy atom. The SMILES string of the molecule is C[S@@](=O)Cc1cccc(C(=O)N2CCC[C@H]2c2nc3ccccc3[nH]2)c1. The lowest BCUT2D eigenvalue weighted by atomic mass is 10.1. The number of nitrogens with zero attached hydrogens (tertiary/aromatic N) is 2. The maximum Gasteiger partial charge on any atom is 0.254 e. The molecule has 1 fully saturated rings. The third-order valence-electron chi connectivity index (χ3n) is 4.78.